The smallest absolute Gasteiger partial charge is 0.317 e. The number of hydrogen-bond acceptors (Lipinski definition) is 4. The van der Waals surface area contributed by atoms with Crippen molar-refractivity contribution >= 4 is 5.97 Å². The number of nitrogens with zero attached hydrogens (tertiary/aromatic N) is 1. The summed E-state index contributed by atoms with van der Waals surface area (Å²) in [5.74, 6) is -0.325. The van der Waals surface area contributed by atoms with Gasteiger partial charge in [0.25, 0.3) is 0 Å². The lowest BCUT2D eigenvalue weighted by atomic mass is 9.89. The minimum absolute atomic E-state index is 0.176. The van der Waals surface area contributed by atoms with Crippen molar-refractivity contribution in [1.29, 1.82) is 0 Å². The van der Waals surface area contributed by atoms with Gasteiger partial charge in [-0.25, -0.2) is 0 Å². The van der Waals surface area contributed by atoms with Crippen LogP contribution in [-0.4, -0.2) is 54.1 Å². The maximum absolute atomic E-state index is 11.0. The Balaban J connectivity index is 1.55. The summed E-state index contributed by atoms with van der Waals surface area (Å²) in [5, 5.41) is 9.06. The fourth-order valence-corrected chi connectivity index (χ4v) is 3.34. The van der Waals surface area contributed by atoms with Crippen LogP contribution in [-0.2, 0) is 14.3 Å². The number of carboxylic acids is 1. The average molecular weight is 269 g/mol. The van der Waals surface area contributed by atoms with E-state index in [4.69, 9.17) is 14.6 Å². The Hall–Kier alpha value is -0.650. The van der Waals surface area contributed by atoms with Crippen LogP contribution in [0.2, 0.25) is 0 Å². The molecule has 1 N–H and O–H groups in total. The van der Waals surface area contributed by atoms with Crippen molar-refractivity contribution in [2.45, 2.75) is 50.4 Å². The topological polar surface area (TPSA) is 59.0 Å². The van der Waals surface area contributed by atoms with Crippen LogP contribution in [0.4, 0.5) is 0 Å². The van der Waals surface area contributed by atoms with Gasteiger partial charge in [0.05, 0.1) is 19.8 Å². The molecule has 0 unspecified atom stereocenters. The summed E-state index contributed by atoms with van der Waals surface area (Å²) in [6, 6.07) is 0.384. The molecule has 1 spiro atoms. The van der Waals surface area contributed by atoms with Crippen molar-refractivity contribution in [3.05, 3.63) is 0 Å². The molecule has 5 nitrogen and oxygen atoms in total. The molecule has 5 heteroatoms. The normalized spacial score (nSPS) is 27.2. The average Bonchev–Trinajstić information content (AvgIpc) is 3.09. The molecule has 0 bridgehead atoms. The Kier molecular flexibility index (Phi) is 3.78. The first-order valence-electron chi connectivity index (χ1n) is 7.41. The number of carbonyl (C=O) groups is 1. The van der Waals surface area contributed by atoms with Gasteiger partial charge in [0.15, 0.2) is 5.79 Å². The third kappa shape index (κ3) is 3.27. The third-order valence-electron chi connectivity index (χ3n) is 4.57. The number of rotatable bonds is 5. The zero-order chi connectivity index (χ0) is 13.3. The van der Waals surface area contributed by atoms with Gasteiger partial charge in [0.2, 0.25) is 0 Å². The standard InChI is InChI=1S/C14H23NO4/c16-13(17)10-15(9-11-1-2-11)12-3-5-14(6-4-12)18-7-8-19-14/h11-12H,1-10H2,(H,16,17). The van der Waals surface area contributed by atoms with Gasteiger partial charge in [-0.05, 0) is 31.6 Å². The molecule has 19 heavy (non-hydrogen) atoms. The van der Waals surface area contributed by atoms with Gasteiger partial charge in [-0.3, -0.25) is 9.69 Å². The molecular weight excluding hydrogens is 246 g/mol. The van der Waals surface area contributed by atoms with E-state index in [0.717, 1.165) is 38.1 Å². The van der Waals surface area contributed by atoms with Crippen molar-refractivity contribution in [3.63, 3.8) is 0 Å². The number of ether oxygens (including phenoxy) is 2. The summed E-state index contributed by atoms with van der Waals surface area (Å²) in [7, 11) is 0. The third-order valence-corrected chi connectivity index (χ3v) is 4.57. The van der Waals surface area contributed by atoms with E-state index < -0.39 is 5.97 Å². The first-order valence-corrected chi connectivity index (χ1v) is 7.41. The lowest BCUT2D eigenvalue weighted by molar-refractivity contribution is -0.184. The van der Waals surface area contributed by atoms with Crippen LogP contribution in [0.3, 0.4) is 0 Å². The van der Waals surface area contributed by atoms with Crippen LogP contribution in [0.1, 0.15) is 38.5 Å². The second-order valence-corrected chi connectivity index (χ2v) is 6.11. The molecule has 0 aromatic rings. The second kappa shape index (κ2) is 5.38. The molecular formula is C14H23NO4. The summed E-state index contributed by atoms with van der Waals surface area (Å²) in [5.41, 5.74) is 0. The highest BCUT2D eigenvalue weighted by Gasteiger charge is 2.42. The Bertz CT molecular complexity index is 326. The molecule has 3 fully saturated rings. The molecule has 0 aromatic heterocycles. The van der Waals surface area contributed by atoms with Gasteiger partial charge in [0, 0.05) is 25.4 Å². The second-order valence-electron chi connectivity index (χ2n) is 6.11. The Morgan fingerprint density at radius 1 is 1.16 bits per heavy atom. The Labute approximate surface area is 113 Å². The van der Waals surface area contributed by atoms with Crippen molar-refractivity contribution in [3.8, 4) is 0 Å². The van der Waals surface area contributed by atoms with Crippen LogP contribution < -0.4 is 0 Å². The van der Waals surface area contributed by atoms with Crippen LogP contribution >= 0.6 is 0 Å². The molecule has 2 aliphatic carbocycles. The van der Waals surface area contributed by atoms with Gasteiger partial charge < -0.3 is 14.6 Å². The molecule has 1 aliphatic heterocycles. The minimum Gasteiger partial charge on any atom is -0.480 e. The van der Waals surface area contributed by atoms with Gasteiger partial charge in [0.1, 0.15) is 0 Å². The van der Waals surface area contributed by atoms with Crippen LogP contribution in [0.25, 0.3) is 0 Å². The zero-order valence-electron chi connectivity index (χ0n) is 11.3. The predicted molar refractivity (Wildman–Crippen MR) is 68.8 cm³/mol. The monoisotopic (exact) mass is 269 g/mol. The molecule has 3 rings (SSSR count). The van der Waals surface area contributed by atoms with E-state index in [9.17, 15) is 4.79 Å². The quantitative estimate of drug-likeness (QED) is 0.819. The molecule has 3 aliphatic rings. The summed E-state index contributed by atoms with van der Waals surface area (Å²) < 4.78 is 11.5. The molecule has 0 aromatic carbocycles. The Morgan fingerprint density at radius 3 is 2.32 bits per heavy atom. The van der Waals surface area contributed by atoms with E-state index in [-0.39, 0.29) is 12.3 Å². The van der Waals surface area contributed by atoms with Crippen molar-refractivity contribution in [2.24, 2.45) is 5.92 Å². The summed E-state index contributed by atoms with van der Waals surface area (Å²) in [6.07, 6.45) is 6.30. The SMILES string of the molecule is O=C(O)CN(CC1CC1)C1CCC2(CC1)OCCO2. The largest absolute Gasteiger partial charge is 0.480 e. The summed E-state index contributed by atoms with van der Waals surface area (Å²) in [4.78, 5) is 13.2. The van der Waals surface area contributed by atoms with Crippen LogP contribution in [0.5, 0.6) is 0 Å². The first-order chi connectivity index (χ1) is 9.17. The van der Waals surface area contributed by atoms with Crippen LogP contribution in [0, 0.1) is 5.92 Å². The molecule has 1 saturated heterocycles. The fraction of sp³-hybridized carbons (Fsp3) is 0.929. The van der Waals surface area contributed by atoms with Crippen molar-refractivity contribution < 1.29 is 19.4 Å². The molecule has 0 atom stereocenters. The van der Waals surface area contributed by atoms with Crippen molar-refractivity contribution in [2.75, 3.05) is 26.3 Å². The van der Waals surface area contributed by atoms with Gasteiger partial charge >= 0.3 is 5.97 Å². The van der Waals surface area contributed by atoms with Crippen LogP contribution in [0.15, 0.2) is 0 Å². The van der Waals surface area contributed by atoms with E-state index >= 15 is 0 Å². The van der Waals surface area contributed by atoms with Gasteiger partial charge in [-0.15, -0.1) is 0 Å². The predicted octanol–water partition coefficient (Wildman–Crippen LogP) is 1.47. The van der Waals surface area contributed by atoms with Crippen molar-refractivity contribution in [1.82, 2.24) is 4.90 Å². The number of hydrogen-bond donors (Lipinski definition) is 1. The first kappa shape index (κ1) is 13.3. The van der Waals surface area contributed by atoms with Gasteiger partial charge in [-0.2, -0.15) is 0 Å². The number of aliphatic carboxylic acids is 1. The van der Waals surface area contributed by atoms with E-state index in [1.54, 1.807) is 0 Å². The summed E-state index contributed by atoms with van der Waals surface area (Å²) in [6.45, 7) is 2.53. The maximum Gasteiger partial charge on any atom is 0.317 e. The Morgan fingerprint density at radius 2 is 1.79 bits per heavy atom. The number of carboxylic acid groups (broad SMARTS) is 1. The molecule has 1 heterocycles. The fourth-order valence-electron chi connectivity index (χ4n) is 3.34. The zero-order valence-corrected chi connectivity index (χ0v) is 11.3. The molecule has 0 amide bonds. The summed E-state index contributed by atoms with van der Waals surface area (Å²) >= 11 is 0. The van der Waals surface area contributed by atoms with E-state index in [1.807, 2.05) is 0 Å². The molecule has 108 valence electrons. The molecule has 0 radical (unpaired) electrons. The highest BCUT2D eigenvalue weighted by molar-refractivity contribution is 5.69. The van der Waals surface area contributed by atoms with E-state index in [0.29, 0.717) is 19.3 Å². The van der Waals surface area contributed by atoms with E-state index in [1.165, 1.54) is 12.8 Å². The highest BCUT2D eigenvalue weighted by Crippen LogP contribution is 2.38. The minimum atomic E-state index is -0.714. The lowest BCUT2D eigenvalue weighted by Gasteiger charge is -2.40. The van der Waals surface area contributed by atoms with Gasteiger partial charge in [-0.1, -0.05) is 0 Å². The maximum atomic E-state index is 11.0. The van der Waals surface area contributed by atoms with E-state index in [2.05, 4.69) is 4.90 Å². The lowest BCUT2D eigenvalue weighted by Crippen LogP contribution is -2.46. The highest BCUT2D eigenvalue weighted by atomic mass is 16.7. The molecule has 2 saturated carbocycles.